The molecule has 1 N–H and O–H groups in total. The molecular weight excluding hydrogens is 297 g/mol. The van der Waals surface area contributed by atoms with Crippen LogP contribution in [0.15, 0.2) is 36.5 Å². The van der Waals surface area contributed by atoms with Gasteiger partial charge in [-0.15, -0.1) is 0 Å². The van der Waals surface area contributed by atoms with Crippen LogP contribution in [-0.4, -0.2) is 38.8 Å². The molecule has 0 spiro atoms. The Kier molecular flexibility index (Phi) is 4.43. The van der Waals surface area contributed by atoms with E-state index in [2.05, 4.69) is 5.10 Å². The maximum Gasteiger partial charge on any atom is 0.325 e. The monoisotopic (exact) mass is 317 g/mol. The lowest BCUT2D eigenvalue weighted by atomic mass is 9.91. The number of hydrogen-bond donors (Lipinski definition) is 1. The summed E-state index contributed by atoms with van der Waals surface area (Å²) in [6, 6.07) is 7.04. The van der Waals surface area contributed by atoms with E-state index >= 15 is 0 Å². The van der Waals surface area contributed by atoms with Gasteiger partial charge in [0, 0.05) is 24.9 Å². The second kappa shape index (κ2) is 6.50. The van der Waals surface area contributed by atoms with Gasteiger partial charge in [0.25, 0.3) is 0 Å². The van der Waals surface area contributed by atoms with Gasteiger partial charge >= 0.3 is 5.97 Å². The predicted molar refractivity (Wildman–Crippen MR) is 83.5 cm³/mol. The summed E-state index contributed by atoms with van der Waals surface area (Å²) in [7, 11) is 1.93. The molecule has 6 heteroatoms. The van der Waals surface area contributed by atoms with Gasteiger partial charge in [-0.2, -0.15) is 5.10 Å². The zero-order valence-corrected chi connectivity index (χ0v) is 13.0. The highest BCUT2D eigenvalue weighted by Crippen LogP contribution is 2.32. The number of aromatic nitrogens is 2. The van der Waals surface area contributed by atoms with Gasteiger partial charge in [0.2, 0.25) is 0 Å². The zero-order chi connectivity index (χ0) is 16.4. The molecule has 1 aliphatic heterocycles. The summed E-state index contributed by atoms with van der Waals surface area (Å²) in [5.41, 5.74) is 1.82. The average Bonchev–Trinajstić information content (AvgIpc) is 2.96. The maximum atomic E-state index is 13.1. The van der Waals surface area contributed by atoms with Gasteiger partial charge in [-0.3, -0.25) is 14.4 Å². The van der Waals surface area contributed by atoms with Crippen molar-refractivity contribution in [2.45, 2.75) is 24.8 Å². The van der Waals surface area contributed by atoms with Crippen LogP contribution in [0.4, 0.5) is 4.39 Å². The van der Waals surface area contributed by atoms with Gasteiger partial charge in [-0.05, 0) is 49.7 Å². The molecule has 1 atom stereocenters. The Hall–Kier alpha value is -2.21. The van der Waals surface area contributed by atoms with Crippen molar-refractivity contribution in [3.8, 4) is 0 Å². The van der Waals surface area contributed by atoms with E-state index in [9.17, 15) is 14.3 Å². The number of hydrogen-bond acceptors (Lipinski definition) is 3. The van der Waals surface area contributed by atoms with E-state index in [-0.39, 0.29) is 5.82 Å². The van der Waals surface area contributed by atoms with E-state index in [4.69, 9.17) is 0 Å². The van der Waals surface area contributed by atoms with Crippen molar-refractivity contribution in [2.75, 3.05) is 13.1 Å². The third-order valence-corrected chi connectivity index (χ3v) is 4.59. The minimum absolute atomic E-state index is 0.354. The van der Waals surface area contributed by atoms with Crippen LogP contribution >= 0.6 is 0 Å². The van der Waals surface area contributed by atoms with Crippen LogP contribution in [0, 0.1) is 5.82 Å². The molecule has 2 aromatic rings. The van der Waals surface area contributed by atoms with Gasteiger partial charge in [-0.1, -0.05) is 12.1 Å². The third kappa shape index (κ3) is 3.27. The lowest BCUT2D eigenvalue weighted by Crippen LogP contribution is -2.40. The molecule has 5 nitrogen and oxygen atoms in total. The maximum absolute atomic E-state index is 13.1. The molecule has 1 aromatic carbocycles. The highest BCUT2D eigenvalue weighted by molar-refractivity contribution is 5.75. The Labute approximate surface area is 134 Å². The first-order valence-corrected chi connectivity index (χ1v) is 7.76. The third-order valence-electron chi connectivity index (χ3n) is 4.59. The van der Waals surface area contributed by atoms with Crippen LogP contribution in [0.2, 0.25) is 0 Å². The van der Waals surface area contributed by atoms with Crippen molar-refractivity contribution < 1.29 is 14.3 Å². The number of carboxylic acid groups (broad SMARTS) is 1. The van der Waals surface area contributed by atoms with Gasteiger partial charge in [-0.25, -0.2) is 4.39 Å². The Balaban J connectivity index is 1.72. The van der Waals surface area contributed by atoms with Crippen LogP contribution < -0.4 is 0 Å². The topological polar surface area (TPSA) is 58.4 Å². The Morgan fingerprint density at radius 3 is 2.43 bits per heavy atom. The van der Waals surface area contributed by atoms with Crippen molar-refractivity contribution in [3.05, 3.63) is 53.6 Å². The fraction of sp³-hybridized carbons (Fsp3) is 0.412. The van der Waals surface area contributed by atoms with Gasteiger partial charge in [0.05, 0.1) is 0 Å². The van der Waals surface area contributed by atoms with Gasteiger partial charge in [0.1, 0.15) is 11.9 Å². The van der Waals surface area contributed by atoms with E-state index < -0.39 is 12.0 Å². The lowest BCUT2D eigenvalue weighted by molar-refractivity contribution is -0.144. The Bertz CT molecular complexity index is 675. The standard InChI is InChI=1S/C17H20FN3O2/c1-20-15(6-9-19-20)12-7-10-21(11-8-12)16(17(22)23)13-2-4-14(18)5-3-13/h2-6,9,12,16H,7-8,10-11H2,1H3,(H,22,23). The molecule has 0 bridgehead atoms. The molecule has 23 heavy (non-hydrogen) atoms. The van der Waals surface area contributed by atoms with Crippen LogP contribution in [0.25, 0.3) is 0 Å². The molecule has 1 saturated heterocycles. The number of benzene rings is 1. The number of nitrogens with zero attached hydrogens (tertiary/aromatic N) is 3. The molecule has 1 aromatic heterocycles. The van der Waals surface area contributed by atoms with E-state index in [1.165, 1.54) is 17.8 Å². The molecule has 0 radical (unpaired) electrons. The van der Waals surface area contributed by atoms with Gasteiger partial charge in [0.15, 0.2) is 0 Å². The van der Waals surface area contributed by atoms with Crippen molar-refractivity contribution >= 4 is 5.97 Å². The first-order valence-electron chi connectivity index (χ1n) is 7.76. The summed E-state index contributed by atoms with van der Waals surface area (Å²) in [4.78, 5) is 13.7. The number of piperidine rings is 1. The number of rotatable bonds is 4. The first kappa shape index (κ1) is 15.7. The molecular formula is C17H20FN3O2. The average molecular weight is 317 g/mol. The lowest BCUT2D eigenvalue weighted by Gasteiger charge is -2.35. The molecule has 0 saturated carbocycles. The number of aryl methyl sites for hydroxylation is 1. The minimum atomic E-state index is -0.893. The van der Waals surface area contributed by atoms with E-state index in [1.54, 1.807) is 18.3 Å². The second-order valence-corrected chi connectivity index (χ2v) is 5.98. The van der Waals surface area contributed by atoms with E-state index in [0.717, 1.165) is 12.8 Å². The summed E-state index contributed by atoms with van der Waals surface area (Å²) in [5, 5.41) is 13.8. The highest BCUT2D eigenvalue weighted by atomic mass is 19.1. The molecule has 122 valence electrons. The molecule has 1 fully saturated rings. The fourth-order valence-corrected chi connectivity index (χ4v) is 3.39. The normalized spacial score (nSPS) is 18.0. The zero-order valence-electron chi connectivity index (χ0n) is 13.0. The van der Waals surface area contributed by atoms with Crippen LogP contribution in [0.5, 0.6) is 0 Å². The minimum Gasteiger partial charge on any atom is -0.480 e. The Morgan fingerprint density at radius 2 is 1.91 bits per heavy atom. The van der Waals surface area contributed by atoms with E-state index in [1.807, 2.05) is 22.7 Å². The number of carbonyl (C=O) groups is 1. The largest absolute Gasteiger partial charge is 0.480 e. The summed E-state index contributed by atoms with van der Waals surface area (Å²) >= 11 is 0. The molecule has 3 rings (SSSR count). The van der Waals surface area contributed by atoms with Crippen molar-refractivity contribution in [1.29, 1.82) is 0 Å². The fourth-order valence-electron chi connectivity index (χ4n) is 3.39. The van der Waals surface area contributed by atoms with Gasteiger partial charge < -0.3 is 5.11 Å². The molecule has 0 aliphatic carbocycles. The molecule has 1 unspecified atom stereocenters. The second-order valence-electron chi connectivity index (χ2n) is 5.98. The SMILES string of the molecule is Cn1nccc1C1CCN(C(C(=O)O)c2ccc(F)cc2)CC1. The van der Waals surface area contributed by atoms with Crippen molar-refractivity contribution in [1.82, 2.24) is 14.7 Å². The summed E-state index contributed by atoms with van der Waals surface area (Å²) in [6.07, 6.45) is 3.58. The number of halogens is 1. The van der Waals surface area contributed by atoms with Crippen molar-refractivity contribution in [2.24, 2.45) is 7.05 Å². The number of likely N-dealkylation sites (tertiary alicyclic amines) is 1. The number of carboxylic acids is 1. The van der Waals surface area contributed by atoms with E-state index in [0.29, 0.717) is 24.6 Å². The quantitative estimate of drug-likeness (QED) is 0.941. The molecule has 1 aliphatic rings. The van der Waals surface area contributed by atoms with Crippen LogP contribution in [0.3, 0.4) is 0 Å². The van der Waals surface area contributed by atoms with Crippen LogP contribution in [0.1, 0.15) is 36.1 Å². The number of aliphatic carboxylic acids is 1. The summed E-state index contributed by atoms with van der Waals surface area (Å²) in [5.74, 6) is -0.843. The van der Waals surface area contributed by atoms with Crippen molar-refractivity contribution in [3.63, 3.8) is 0 Å². The summed E-state index contributed by atoms with van der Waals surface area (Å²) in [6.45, 7) is 1.40. The molecule has 0 amide bonds. The first-order chi connectivity index (χ1) is 11.1. The predicted octanol–water partition coefficient (Wildman–Crippen LogP) is 2.56. The smallest absolute Gasteiger partial charge is 0.325 e. The summed E-state index contributed by atoms with van der Waals surface area (Å²) < 4.78 is 15.0. The van der Waals surface area contributed by atoms with Crippen LogP contribution in [-0.2, 0) is 11.8 Å². The molecule has 2 heterocycles. The highest BCUT2D eigenvalue weighted by Gasteiger charge is 2.32. The Morgan fingerprint density at radius 1 is 1.26 bits per heavy atom.